The molecule has 1 aromatic rings. The fraction of sp³-hybridized carbons (Fsp3) is 0.368. The van der Waals surface area contributed by atoms with Crippen LogP contribution < -0.4 is 0 Å². The highest BCUT2D eigenvalue weighted by atomic mass is 16.6. The Labute approximate surface area is 137 Å². The van der Waals surface area contributed by atoms with Crippen LogP contribution in [-0.2, 0) is 19.1 Å². The predicted octanol–water partition coefficient (Wildman–Crippen LogP) is 3.92. The SMILES string of the molecule is CCC=C(CCC)C(=O)OCCOC(=O)C=Cc1ccccc1. The van der Waals surface area contributed by atoms with Gasteiger partial charge in [-0.2, -0.15) is 0 Å². The zero-order chi connectivity index (χ0) is 16.9. The maximum atomic E-state index is 11.8. The minimum atomic E-state index is -0.456. The van der Waals surface area contributed by atoms with Crippen molar-refractivity contribution >= 4 is 18.0 Å². The normalized spacial score (nSPS) is 11.5. The summed E-state index contributed by atoms with van der Waals surface area (Å²) in [7, 11) is 0. The topological polar surface area (TPSA) is 52.6 Å². The Kier molecular flexibility index (Phi) is 9.13. The molecule has 0 heterocycles. The molecule has 4 heteroatoms. The first-order valence-corrected chi connectivity index (χ1v) is 7.93. The van der Waals surface area contributed by atoms with Gasteiger partial charge in [-0.25, -0.2) is 9.59 Å². The zero-order valence-electron chi connectivity index (χ0n) is 13.8. The van der Waals surface area contributed by atoms with Crippen molar-refractivity contribution in [3.05, 3.63) is 53.6 Å². The first-order valence-electron chi connectivity index (χ1n) is 7.93. The summed E-state index contributed by atoms with van der Waals surface area (Å²) in [5.41, 5.74) is 1.61. The Morgan fingerprint density at radius 3 is 2.39 bits per heavy atom. The molecule has 0 aliphatic rings. The fourth-order valence-corrected chi connectivity index (χ4v) is 1.95. The molecule has 4 nitrogen and oxygen atoms in total. The smallest absolute Gasteiger partial charge is 0.333 e. The molecule has 0 atom stereocenters. The summed E-state index contributed by atoms with van der Waals surface area (Å²) in [4.78, 5) is 23.4. The molecule has 124 valence electrons. The molecule has 0 spiro atoms. The number of ether oxygens (including phenoxy) is 2. The summed E-state index contributed by atoms with van der Waals surface area (Å²) in [5, 5.41) is 0. The summed E-state index contributed by atoms with van der Waals surface area (Å²) >= 11 is 0. The van der Waals surface area contributed by atoms with E-state index in [1.165, 1.54) is 6.08 Å². The molecule has 0 amide bonds. The van der Waals surface area contributed by atoms with Crippen LogP contribution in [0.25, 0.3) is 6.08 Å². The molecular formula is C19H24O4. The lowest BCUT2D eigenvalue weighted by Gasteiger charge is -2.07. The van der Waals surface area contributed by atoms with Gasteiger partial charge >= 0.3 is 11.9 Å². The summed E-state index contributed by atoms with van der Waals surface area (Å²) < 4.78 is 10.1. The van der Waals surface area contributed by atoms with Gasteiger partial charge in [0.25, 0.3) is 0 Å². The first kappa shape index (κ1) is 18.7. The number of carbonyl (C=O) groups is 2. The lowest BCUT2D eigenvalue weighted by Crippen LogP contribution is -2.14. The van der Waals surface area contributed by atoms with E-state index in [2.05, 4.69) is 0 Å². The van der Waals surface area contributed by atoms with Gasteiger partial charge in [-0.15, -0.1) is 0 Å². The van der Waals surface area contributed by atoms with Crippen LogP contribution in [-0.4, -0.2) is 25.2 Å². The number of hydrogen-bond donors (Lipinski definition) is 0. The monoisotopic (exact) mass is 316 g/mol. The Morgan fingerprint density at radius 1 is 1.04 bits per heavy atom. The second-order valence-corrected chi connectivity index (χ2v) is 4.94. The summed E-state index contributed by atoms with van der Waals surface area (Å²) in [6.45, 7) is 4.10. The van der Waals surface area contributed by atoms with E-state index in [0.29, 0.717) is 12.0 Å². The lowest BCUT2D eigenvalue weighted by molar-refractivity contribution is -0.146. The van der Waals surface area contributed by atoms with Gasteiger partial charge in [-0.3, -0.25) is 0 Å². The molecule has 0 aliphatic carbocycles. The second kappa shape index (κ2) is 11.2. The third-order valence-electron chi connectivity index (χ3n) is 3.00. The van der Waals surface area contributed by atoms with E-state index in [1.807, 2.05) is 50.3 Å². The van der Waals surface area contributed by atoms with Crippen molar-refractivity contribution < 1.29 is 19.1 Å². The van der Waals surface area contributed by atoms with Gasteiger partial charge in [0.05, 0.1) is 0 Å². The number of benzene rings is 1. The van der Waals surface area contributed by atoms with Crippen molar-refractivity contribution in [2.45, 2.75) is 33.1 Å². The number of esters is 2. The lowest BCUT2D eigenvalue weighted by atomic mass is 10.1. The predicted molar refractivity (Wildman–Crippen MR) is 90.7 cm³/mol. The average Bonchev–Trinajstić information content (AvgIpc) is 2.57. The molecule has 0 aliphatic heterocycles. The van der Waals surface area contributed by atoms with Crippen LogP contribution in [0, 0.1) is 0 Å². The molecular weight excluding hydrogens is 292 g/mol. The second-order valence-electron chi connectivity index (χ2n) is 4.94. The third-order valence-corrected chi connectivity index (χ3v) is 3.00. The quantitative estimate of drug-likeness (QED) is 0.393. The molecule has 0 saturated carbocycles. The van der Waals surface area contributed by atoms with Gasteiger partial charge in [-0.05, 0) is 24.5 Å². The Balaban J connectivity index is 2.28. The molecule has 0 aromatic heterocycles. The number of allylic oxidation sites excluding steroid dienone is 1. The Morgan fingerprint density at radius 2 is 1.74 bits per heavy atom. The van der Waals surface area contributed by atoms with Crippen LogP contribution in [0.4, 0.5) is 0 Å². The van der Waals surface area contributed by atoms with Crippen molar-refractivity contribution in [1.82, 2.24) is 0 Å². The van der Waals surface area contributed by atoms with Gasteiger partial charge in [0.2, 0.25) is 0 Å². The first-order chi connectivity index (χ1) is 11.2. The van der Waals surface area contributed by atoms with Crippen LogP contribution in [0.2, 0.25) is 0 Å². The molecule has 1 rings (SSSR count). The standard InChI is InChI=1S/C19H24O4/c1-3-8-17(9-4-2)19(21)23-15-14-22-18(20)13-12-16-10-6-5-7-11-16/h5-8,10-13H,3-4,9,14-15H2,1-2H3. The van der Waals surface area contributed by atoms with E-state index >= 15 is 0 Å². The van der Waals surface area contributed by atoms with E-state index in [9.17, 15) is 9.59 Å². The maximum absolute atomic E-state index is 11.8. The molecule has 1 aromatic carbocycles. The molecule has 0 radical (unpaired) electrons. The minimum Gasteiger partial charge on any atom is -0.459 e. The van der Waals surface area contributed by atoms with Crippen molar-refractivity contribution in [2.75, 3.05) is 13.2 Å². The number of hydrogen-bond acceptors (Lipinski definition) is 4. The Hall–Kier alpha value is -2.36. The van der Waals surface area contributed by atoms with Crippen LogP contribution in [0.15, 0.2) is 48.1 Å². The fourth-order valence-electron chi connectivity index (χ4n) is 1.95. The van der Waals surface area contributed by atoms with Crippen molar-refractivity contribution in [3.8, 4) is 0 Å². The van der Waals surface area contributed by atoms with Crippen LogP contribution in [0.3, 0.4) is 0 Å². The van der Waals surface area contributed by atoms with Crippen molar-refractivity contribution in [3.63, 3.8) is 0 Å². The highest BCUT2D eigenvalue weighted by molar-refractivity contribution is 5.88. The molecule has 0 N–H and O–H groups in total. The van der Waals surface area contributed by atoms with E-state index in [-0.39, 0.29) is 19.2 Å². The summed E-state index contributed by atoms with van der Waals surface area (Å²) in [6.07, 6.45) is 7.30. The third kappa shape index (κ3) is 8.00. The van der Waals surface area contributed by atoms with Gasteiger partial charge in [0, 0.05) is 11.6 Å². The van der Waals surface area contributed by atoms with Gasteiger partial charge < -0.3 is 9.47 Å². The van der Waals surface area contributed by atoms with E-state index in [4.69, 9.17) is 9.47 Å². The maximum Gasteiger partial charge on any atom is 0.333 e. The minimum absolute atomic E-state index is 0.0508. The van der Waals surface area contributed by atoms with Gasteiger partial charge in [0.1, 0.15) is 13.2 Å². The van der Waals surface area contributed by atoms with Crippen molar-refractivity contribution in [2.24, 2.45) is 0 Å². The Bertz CT molecular complexity index is 544. The van der Waals surface area contributed by atoms with Crippen LogP contribution >= 0.6 is 0 Å². The van der Waals surface area contributed by atoms with Crippen molar-refractivity contribution in [1.29, 1.82) is 0 Å². The summed E-state index contributed by atoms with van der Waals surface area (Å²) in [5.74, 6) is -0.785. The van der Waals surface area contributed by atoms with Gasteiger partial charge in [-0.1, -0.05) is 56.7 Å². The zero-order valence-corrected chi connectivity index (χ0v) is 13.8. The molecule has 0 bridgehead atoms. The van der Waals surface area contributed by atoms with Crippen LogP contribution in [0.5, 0.6) is 0 Å². The summed E-state index contributed by atoms with van der Waals surface area (Å²) in [6, 6.07) is 9.47. The average molecular weight is 316 g/mol. The van der Waals surface area contributed by atoms with Crippen LogP contribution in [0.1, 0.15) is 38.7 Å². The highest BCUT2D eigenvalue weighted by Crippen LogP contribution is 2.08. The molecule has 0 saturated heterocycles. The molecule has 0 fully saturated rings. The van der Waals surface area contributed by atoms with Gasteiger partial charge in [0.15, 0.2) is 0 Å². The number of carbonyl (C=O) groups excluding carboxylic acids is 2. The number of rotatable bonds is 9. The molecule has 0 unspecified atom stereocenters. The van der Waals surface area contributed by atoms with E-state index in [1.54, 1.807) is 6.08 Å². The largest absolute Gasteiger partial charge is 0.459 e. The molecule has 23 heavy (non-hydrogen) atoms. The van der Waals surface area contributed by atoms with E-state index in [0.717, 1.165) is 18.4 Å². The van der Waals surface area contributed by atoms with E-state index < -0.39 is 5.97 Å². The highest BCUT2D eigenvalue weighted by Gasteiger charge is 2.09.